The number of ketones is 1. The van der Waals surface area contributed by atoms with Gasteiger partial charge >= 0.3 is 11.9 Å². The number of benzene rings is 1. The monoisotopic (exact) mass is 479 g/mol. The highest BCUT2D eigenvalue weighted by Crippen LogP contribution is 2.43. The van der Waals surface area contributed by atoms with E-state index in [1.807, 2.05) is 6.92 Å². The number of carbonyl (C=O) groups is 3. The van der Waals surface area contributed by atoms with E-state index in [4.69, 9.17) is 9.47 Å². The van der Waals surface area contributed by atoms with Crippen molar-refractivity contribution in [2.75, 3.05) is 18.6 Å². The number of pyridine rings is 1. The van der Waals surface area contributed by atoms with Gasteiger partial charge in [0.05, 0.1) is 31.0 Å². The van der Waals surface area contributed by atoms with Crippen LogP contribution in [0.1, 0.15) is 39.5 Å². The van der Waals surface area contributed by atoms with E-state index in [2.05, 4.69) is 9.97 Å². The topological polar surface area (TPSA) is 119 Å². The number of aryl methyl sites for hydroxylation is 1. The van der Waals surface area contributed by atoms with Crippen LogP contribution in [-0.2, 0) is 14.3 Å². The van der Waals surface area contributed by atoms with Crippen molar-refractivity contribution in [3.63, 3.8) is 0 Å². The predicted molar refractivity (Wildman–Crippen MR) is 125 cm³/mol. The second-order valence-electron chi connectivity index (χ2n) is 7.31. The molecule has 1 aromatic carbocycles. The average molecular weight is 480 g/mol. The number of hydrogen-bond acceptors (Lipinski definition) is 9. The number of aliphatic hydroxyl groups excluding tert-OH is 1. The van der Waals surface area contributed by atoms with Crippen LogP contribution in [0, 0.1) is 6.92 Å². The van der Waals surface area contributed by atoms with Crippen LogP contribution in [-0.4, -0.2) is 46.5 Å². The summed E-state index contributed by atoms with van der Waals surface area (Å²) in [6, 6.07) is 8.95. The summed E-state index contributed by atoms with van der Waals surface area (Å²) < 4.78 is 10.3. The molecule has 0 bridgehead atoms. The van der Waals surface area contributed by atoms with E-state index in [-0.39, 0.29) is 21.3 Å². The molecule has 10 heteroatoms. The third-order valence-corrected chi connectivity index (χ3v) is 6.38. The summed E-state index contributed by atoms with van der Waals surface area (Å²) in [5.74, 6) is -2.15. The molecule has 1 N–H and O–H groups in total. The third-order valence-electron chi connectivity index (χ3n) is 5.25. The van der Waals surface area contributed by atoms with Crippen molar-refractivity contribution in [1.82, 2.24) is 9.97 Å². The number of nitrogens with zero attached hydrogens (tertiary/aromatic N) is 3. The number of methoxy groups -OCH3 is 1. The highest BCUT2D eigenvalue weighted by Gasteiger charge is 2.48. The normalized spacial score (nSPS) is 17.1. The molecule has 174 valence electrons. The van der Waals surface area contributed by atoms with Gasteiger partial charge < -0.3 is 14.6 Å². The van der Waals surface area contributed by atoms with Gasteiger partial charge in [-0.15, -0.1) is 0 Å². The Morgan fingerprint density at radius 2 is 1.94 bits per heavy atom. The first-order valence-corrected chi connectivity index (χ1v) is 11.2. The number of amides is 1. The molecule has 1 saturated heterocycles. The number of ether oxygens (including phenoxy) is 2. The Balaban J connectivity index is 1.90. The predicted octanol–water partition coefficient (Wildman–Crippen LogP) is 3.66. The van der Waals surface area contributed by atoms with Crippen molar-refractivity contribution in [1.29, 1.82) is 0 Å². The summed E-state index contributed by atoms with van der Waals surface area (Å²) in [5.41, 5.74) is 1.14. The molecule has 3 aromatic rings. The molecule has 34 heavy (non-hydrogen) atoms. The van der Waals surface area contributed by atoms with E-state index < -0.39 is 23.7 Å². The Morgan fingerprint density at radius 1 is 1.21 bits per heavy atom. The van der Waals surface area contributed by atoms with E-state index in [0.717, 1.165) is 11.3 Å². The number of carbonyl (C=O) groups excluding carboxylic acids is 3. The Hall–Kier alpha value is -4.05. The summed E-state index contributed by atoms with van der Waals surface area (Å²) >= 11 is 0.940. The van der Waals surface area contributed by atoms with Gasteiger partial charge in [-0.2, -0.15) is 0 Å². The highest BCUT2D eigenvalue weighted by molar-refractivity contribution is 7.17. The fraction of sp³-hybridized carbons (Fsp3) is 0.208. The molecule has 0 aliphatic carbocycles. The highest BCUT2D eigenvalue weighted by atomic mass is 32.1. The minimum Gasteiger partial charge on any atom is -0.507 e. The van der Waals surface area contributed by atoms with Crippen molar-refractivity contribution >= 4 is 39.9 Å². The van der Waals surface area contributed by atoms with Crippen LogP contribution in [0.4, 0.5) is 5.13 Å². The van der Waals surface area contributed by atoms with Gasteiger partial charge in [0.2, 0.25) is 0 Å². The van der Waals surface area contributed by atoms with Crippen LogP contribution in [0.3, 0.4) is 0 Å². The first kappa shape index (κ1) is 23.1. The molecule has 1 aliphatic heterocycles. The molecule has 2 aromatic heterocycles. The summed E-state index contributed by atoms with van der Waals surface area (Å²) in [5, 5.41) is 11.3. The van der Waals surface area contributed by atoms with Crippen LogP contribution in [0.15, 0.2) is 54.4 Å². The Kier molecular flexibility index (Phi) is 6.42. The van der Waals surface area contributed by atoms with Crippen molar-refractivity contribution in [2.24, 2.45) is 0 Å². The third kappa shape index (κ3) is 4.03. The quantitative estimate of drug-likeness (QED) is 0.246. The van der Waals surface area contributed by atoms with E-state index in [1.165, 1.54) is 24.4 Å². The van der Waals surface area contributed by atoms with Gasteiger partial charge in [0.1, 0.15) is 16.4 Å². The molecule has 1 unspecified atom stereocenters. The lowest BCUT2D eigenvalue weighted by Gasteiger charge is -2.22. The molecule has 1 fully saturated rings. The van der Waals surface area contributed by atoms with Gasteiger partial charge in [0, 0.05) is 18.0 Å². The van der Waals surface area contributed by atoms with Crippen molar-refractivity contribution in [2.45, 2.75) is 19.9 Å². The number of thiazole rings is 1. The maximum atomic E-state index is 13.2. The number of Topliss-reactive ketones (excluding diaryl/α,β-unsaturated/α-hetero) is 1. The van der Waals surface area contributed by atoms with Gasteiger partial charge in [0.15, 0.2) is 5.13 Å². The molecule has 0 saturated carbocycles. The first-order valence-electron chi connectivity index (χ1n) is 10.4. The molecule has 1 amide bonds. The van der Waals surface area contributed by atoms with E-state index in [9.17, 15) is 19.5 Å². The SMILES string of the molecule is CCOc1cccc(C(O)=C2C(=O)C(=O)N(c3nc(C)c(C(=O)OC)s3)C2c2ccncc2)c1. The lowest BCUT2D eigenvalue weighted by Crippen LogP contribution is -2.29. The zero-order valence-corrected chi connectivity index (χ0v) is 19.5. The standard InChI is InChI=1S/C24H21N3O6S/c1-4-33-16-7-5-6-15(12-16)19(28)17-18(14-8-10-25-11-9-14)27(22(30)20(17)29)24-26-13(2)21(34-24)23(31)32-3/h5-12,18,28H,4H2,1-3H3. The first-order chi connectivity index (χ1) is 16.4. The number of anilines is 1. The molecular weight excluding hydrogens is 458 g/mol. The van der Waals surface area contributed by atoms with Crippen LogP contribution in [0.5, 0.6) is 5.75 Å². The van der Waals surface area contributed by atoms with Crippen molar-refractivity contribution in [3.8, 4) is 5.75 Å². The summed E-state index contributed by atoms with van der Waals surface area (Å²) in [6.07, 6.45) is 3.05. The average Bonchev–Trinajstić information content (AvgIpc) is 3.36. The summed E-state index contributed by atoms with van der Waals surface area (Å²) in [6.45, 7) is 3.88. The molecule has 0 radical (unpaired) electrons. The minimum atomic E-state index is -0.977. The molecule has 4 rings (SSSR count). The zero-order chi connectivity index (χ0) is 24.4. The van der Waals surface area contributed by atoms with Gasteiger partial charge in [-0.05, 0) is 43.7 Å². The number of esters is 1. The number of hydrogen-bond donors (Lipinski definition) is 1. The lowest BCUT2D eigenvalue weighted by molar-refractivity contribution is -0.132. The molecule has 0 spiro atoms. The van der Waals surface area contributed by atoms with E-state index in [0.29, 0.717) is 29.2 Å². The van der Waals surface area contributed by atoms with Gasteiger partial charge in [0.25, 0.3) is 5.78 Å². The second-order valence-corrected chi connectivity index (χ2v) is 8.29. The molecule has 9 nitrogen and oxygen atoms in total. The van der Waals surface area contributed by atoms with Gasteiger partial charge in [-0.25, -0.2) is 9.78 Å². The van der Waals surface area contributed by atoms with E-state index in [1.54, 1.807) is 43.3 Å². The zero-order valence-electron chi connectivity index (χ0n) is 18.6. The maximum absolute atomic E-state index is 13.2. The molecular formula is C24H21N3O6S. The maximum Gasteiger partial charge on any atom is 0.350 e. The Bertz CT molecular complexity index is 1300. The number of aliphatic hydroxyl groups is 1. The minimum absolute atomic E-state index is 0.0997. The number of rotatable bonds is 6. The molecule has 3 heterocycles. The van der Waals surface area contributed by atoms with Crippen LogP contribution >= 0.6 is 11.3 Å². The van der Waals surface area contributed by atoms with Crippen LogP contribution in [0.25, 0.3) is 5.76 Å². The lowest BCUT2D eigenvalue weighted by atomic mass is 9.96. The summed E-state index contributed by atoms with van der Waals surface area (Å²) in [4.78, 5) is 48.3. The van der Waals surface area contributed by atoms with Crippen molar-refractivity contribution in [3.05, 3.63) is 76.1 Å². The second kappa shape index (κ2) is 9.44. The fourth-order valence-electron chi connectivity index (χ4n) is 3.71. The Morgan fingerprint density at radius 3 is 2.62 bits per heavy atom. The molecule has 1 aliphatic rings. The number of aromatic nitrogens is 2. The van der Waals surface area contributed by atoms with Gasteiger partial charge in [-0.3, -0.25) is 19.5 Å². The largest absolute Gasteiger partial charge is 0.507 e. The van der Waals surface area contributed by atoms with Crippen LogP contribution in [0.2, 0.25) is 0 Å². The Labute approximate surface area is 199 Å². The van der Waals surface area contributed by atoms with Crippen LogP contribution < -0.4 is 9.64 Å². The smallest absolute Gasteiger partial charge is 0.350 e. The molecule has 1 atom stereocenters. The fourth-order valence-corrected chi connectivity index (χ4v) is 4.73. The van der Waals surface area contributed by atoms with Crippen molar-refractivity contribution < 1.29 is 29.0 Å². The van der Waals surface area contributed by atoms with Gasteiger partial charge in [-0.1, -0.05) is 23.5 Å². The summed E-state index contributed by atoms with van der Waals surface area (Å²) in [7, 11) is 1.25. The van der Waals surface area contributed by atoms with E-state index >= 15 is 0 Å².